The van der Waals surface area contributed by atoms with Crippen LogP contribution in [0.4, 0.5) is 0 Å². The van der Waals surface area contributed by atoms with E-state index in [4.69, 9.17) is 13.9 Å². The van der Waals surface area contributed by atoms with Crippen molar-refractivity contribution in [1.82, 2.24) is 0 Å². The van der Waals surface area contributed by atoms with Crippen molar-refractivity contribution in [2.45, 2.75) is 56.8 Å². The van der Waals surface area contributed by atoms with Crippen LogP contribution in [0.3, 0.4) is 0 Å². The van der Waals surface area contributed by atoms with Crippen LogP contribution in [-0.2, 0) is 20.5 Å². The fraction of sp³-hybridized carbons (Fsp3) is 0.294. The molecule has 4 atom stereocenters. The summed E-state index contributed by atoms with van der Waals surface area (Å²) in [5, 5.41) is 13.6. The monoisotopic (exact) mass is 538 g/mol. The molecule has 0 unspecified atom stereocenters. The zero-order valence-electron chi connectivity index (χ0n) is 22.9. The molecule has 1 heterocycles. The summed E-state index contributed by atoms with van der Waals surface area (Å²) in [6.07, 6.45) is -1.65. The molecule has 0 bridgehead atoms. The highest BCUT2D eigenvalue weighted by atomic mass is 28.4. The highest BCUT2D eigenvalue weighted by Gasteiger charge is 2.54. The summed E-state index contributed by atoms with van der Waals surface area (Å²) in [5.41, 5.74) is 2.15. The van der Waals surface area contributed by atoms with E-state index in [0.717, 1.165) is 11.1 Å². The SMILES string of the molecule is CC(C)(C)[Si](OC[C@@H](O)[C@@H]1O[C@H]1[C@@H](OCc1ccccc1)c1ccccc1)(c1ccccc1)c1ccccc1. The van der Waals surface area contributed by atoms with E-state index in [1.165, 1.54) is 10.4 Å². The van der Waals surface area contributed by atoms with Crippen molar-refractivity contribution in [2.75, 3.05) is 6.61 Å². The number of epoxide rings is 1. The normalized spacial score (nSPS) is 18.9. The van der Waals surface area contributed by atoms with Crippen LogP contribution in [0.25, 0.3) is 0 Å². The van der Waals surface area contributed by atoms with Gasteiger partial charge in [-0.3, -0.25) is 0 Å². The number of aliphatic hydroxyl groups is 1. The topological polar surface area (TPSA) is 51.2 Å². The van der Waals surface area contributed by atoms with Crippen LogP contribution in [0.5, 0.6) is 0 Å². The van der Waals surface area contributed by atoms with Crippen molar-refractivity contribution >= 4 is 18.7 Å². The van der Waals surface area contributed by atoms with Gasteiger partial charge in [0.2, 0.25) is 0 Å². The lowest BCUT2D eigenvalue weighted by Crippen LogP contribution is -2.67. The fourth-order valence-corrected chi connectivity index (χ4v) is 10.1. The minimum Gasteiger partial charge on any atom is -0.405 e. The summed E-state index contributed by atoms with van der Waals surface area (Å²) in [6.45, 7) is 7.39. The predicted molar refractivity (Wildman–Crippen MR) is 159 cm³/mol. The first kappa shape index (κ1) is 27.5. The molecule has 4 aromatic rings. The lowest BCUT2D eigenvalue weighted by atomic mass is 10.0. The number of hydrogen-bond acceptors (Lipinski definition) is 4. The van der Waals surface area contributed by atoms with Gasteiger partial charge >= 0.3 is 0 Å². The maximum Gasteiger partial charge on any atom is 0.261 e. The van der Waals surface area contributed by atoms with Gasteiger partial charge in [0.15, 0.2) is 0 Å². The second kappa shape index (κ2) is 12.0. The maximum absolute atomic E-state index is 11.4. The third-order valence-corrected chi connectivity index (χ3v) is 12.5. The summed E-state index contributed by atoms with van der Waals surface area (Å²) in [7, 11) is -2.75. The quantitative estimate of drug-likeness (QED) is 0.198. The Bertz CT molecular complexity index is 1250. The molecule has 39 heavy (non-hydrogen) atoms. The number of hydrogen-bond donors (Lipinski definition) is 1. The lowest BCUT2D eigenvalue weighted by molar-refractivity contribution is 0.0200. The molecule has 5 heteroatoms. The van der Waals surface area contributed by atoms with E-state index in [1.807, 2.05) is 48.5 Å². The van der Waals surface area contributed by atoms with Gasteiger partial charge in [-0.1, -0.05) is 142 Å². The zero-order chi connectivity index (χ0) is 27.3. The van der Waals surface area contributed by atoms with Crippen molar-refractivity contribution in [3.63, 3.8) is 0 Å². The van der Waals surface area contributed by atoms with Crippen LogP contribution in [0.15, 0.2) is 121 Å². The van der Waals surface area contributed by atoms with Crippen molar-refractivity contribution in [3.05, 3.63) is 132 Å². The third kappa shape index (κ3) is 6.08. The van der Waals surface area contributed by atoms with Crippen molar-refractivity contribution in [1.29, 1.82) is 0 Å². The van der Waals surface area contributed by atoms with Gasteiger partial charge in [0.25, 0.3) is 8.32 Å². The standard InChI is InChI=1S/C34H38O4Si/c1-34(2,3)39(28-20-12-6-13-21-28,29-22-14-7-15-23-29)37-25-30(35)32-33(38-32)31(27-18-10-5-11-19-27)36-24-26-16-8-4-9-17-26/h4-23,30-33,35H,24-25H2,1-3H3/t30-,31+,32+,33+/m1/s1. The van der Waals surface area contributed by atoms with Crippen LogP contribution in [0.2, 0.25) is 5.04 Å². The number of rotatable bonds is 11. The van der Waals surface area contributed by atoms with Crippen LogP contribution < -0.4 is 10.4 Å². The van der Waals surface area contributed by atoms with Gasteiger partial charge in [-0.25, -0.2) is 0 Å². The minimum atomic E-state index is -2.75. The average molecular weight is 539 g/mol. The average Bonchev–Trinajstić information content (AvgIpc) is 3.76. The number of benzene rings is 4. The Balaban J connectivity index is 1.35. The molecule has 1 aliphatic heterocycles. The number of aliphatic hydroxyl groups excluding tert-OH is 1. The Morgan fingerprint density at radius 3 is 1.72 bits per heavy atom. The van der Waals surface area contributed by atoms with Gasteiger partial charge in [0.05, 0.1) is 13.2 Å². The van der Waals surface area contributed by atoms with Gasteiger partial charge in [-0.15, -0.1) is 0 Å². The summed E-state index contributed by atoms with van der Waals surface area (Å²) in [6, 6.07) is 41.3. The number of ether oxygens (including phenoxy) is 2. The molecule has 1 fully saturated rings. The van der Waals surface area contributed by atoms with Gasteiger partial charge in [0.1, 0.15) is 24.4 Å². The Hall–Kier alpha value is -3.06. The highest BCUT2D eigenvalue weighted by Crippen LogP contribution is 2.41. The molecule has 4 aromatic carbocycles. The van der Waals surface area contributed by atoms with E-state index in [0.29, 0.717) is 6.61 Å². The second-order valence-electron chi connectivity index (χ2n) is 11.2. The molecular weight excluding hydrogens is 500 g/mol. The van der Waals surface area contributed by atoms with E-state index in [2.05, 4.69) is 93.6 Å². The molecule has 0 aromatic heterocycles. The molecular formula is C34H38O4Si. The van der Waals surface area contributed by atoms with Gasteiger partial charge in [-0.2, -0.15) is 0 Å². The predicted octanol–water partition coefficient (Wildman–Crippen LogP) is 5.65. The summed E-state index contributed by atoms with van der Waals surface area (Å²) in [4.78, 5) is 0. The van der Waals surface area contributed by atoms with Gasteiger partial charge in [0, 0.05) is 0 Å². The Morgan fingerprint density at radius 2 is 1.21 bits per heavy atom. The molecule has 0 amide bonds. The first-order chi connectivity index (χ1) is 18.9. The van der Waals surface area contributed by atoms with Crippen molar-refractivity contribution in [3.8, 4) is 0 Å². The molecule has 1 saturated heterocycles. The smallest absolute Gasteiger partial charge is 0.261 e. The van der Waals surface area contributed by atoms with Gasteiger partial charge < -0.3 is 19.0 Å². The largest absolute Gasteiger partial charge is 0.405 e. The van der Waals surface area contributed by atoms with E-state index in [9.17, 15) is 5.11 Å². The summed E-state index contributed by atoms with van der Waals surface area (Å²) in [5.74, 6) is 0. The second-order valence-corrected chi connectivity index (χ2v) is 15.5. The van der Waals surface area contributed by atoms with Crippen molar-refractivity contribution in [2.24, 2.45) is 0 Å². The Morgan fingerprint density at radius 1 is 0.718 bits per heavy atom. The van der Waals surface area contributed by atoms with Crippen molar-refractivity contribution < 1.29 is 19.0 Å². The molecule has 0 aliphatic carbocycles. The first-order valence-corrected chi connectivity index (χ1v) is 15.6. The Kier molecular flexibility index (Phi) is 8.45. The molecule has 202 valence electrons. The zero-order valence-corrected chi connectivity index (χ0v) is 23.9. The molecule has 4 nitrogen and oxygen atoms in total. The van der Waals surface area contributed by atoms with E-state index in [1.54, 1.807) is 0 Å². The fourth-order valence-electron chi connectivity index (χ4n) is 5.54. The van der Waals surface area contributed by atoms with Crippen LogP contribution in [-0.4, -0.2) is 38.3 Å². The Labute approximate surface area is 233 Å². The molecule has 0 spiro atoms. The third-order valence-electron chi connectivity index (χ3n) is 7.53. The molecule has 1 aliphatic rings. The van der Waals surface area contributed by atoms with Gasteiger partial charge in [-0.05, 0) is 26.5 Å². The minimum absolute atomic E-state index is 0.162. The molecule has 1 N–H and O–H groups in total. The highest BCUT2D eigenvalue weighted by molar-refractivity contribution is 6.99. The molecule has 5 rings (SSSR count). The van der Waals surface area contributed by atoms with Crippen LogP contribution in [0, 0.1) is 0 Å². The molecule has 0 radical (unpaired) electrons. The maximum atomic E-state index is 11.4. The van der Waals surface area contributed by atoms with E-state index in [-0.39, 0.29) is 30.0 Å². The molecule has 0 saturated carbocycles. The van der Waals surface area contributed by atoms with Crippen LogP contribution in [0.1, 0.15) is 38.0 Å². The first-order valence-electron chi connectivity index (χ1n) is 13.7. The van der Waals surface area contributed by atoms with Crippen LogP contribution >= 0.6 is 0 Å². The lowest BCUT2D eigenvalue weighted by Gasteiger charge is -2.43. The van der Waals surface area contributed by atoms with E-state index >= 15 is 0 Å². The summed E-state index contributed by atoms with van der Waals surface area (Å²) >= 11 is 0. The summed E-state index contributed by atoms with van der Waals surface area (Å²) < 4.78 is 19.5. The van der Waals surface area contributed by atoms with E-state index < -0.39 is 14.4 Å².